The third kappa shape index (κ3) is 7.91. The summed E-state index contributed by atoms with van der Waals surface area (Å²) in [4.78, 5) is 31.0. The molecule has 0 aliphatic carbocycles. The number of rotatable bonds is 5. The molecule has 0 aliphatic heterocycles. The second-order valence-corrected chi connectivity index (χ2v) is 7.73. The number of hydrogen-bond acceptors (Lipinski definition) is 11. The fourth-order valence-corrected chi connectivity index (χ4v) is 3.76. The van der Waals surface area contributed by atoms with Gasteiger partial charge in [0.25, 0.3) is 0 Å². The number of benzene rings is 1. The standard InChI is InChI=1S/C24H18N8.Co.2NO3/c1-2-10-21-19(8-1)29-24(20-9-4-12-23(28-20)32-16-6-14-26-32)30(21)17-18-7-3-11-22(27-18)31-15-5-13-25-31;;2*2-1(3)4/h1-16H,17H2;;;/q;+2;2*-1. The quantitative estimate of drug-likeness (QED) is 0.206. The van der Waals surface area contributed by atoms with Crippen molar-refractivity contribution in [2.45, 2.75) is 6.54 Å². The van der Waals surface area contributed by atoms with E-state index in [4.69, 9.17) is 45.6 Å². The second-order valence-electron chi connectivity index (χ2n) is 7.73. The number of aromatic nitrogens is 8. The molecule has 16 nitrogen and oxygen atoms in total. The van der Waals surface area contributed by atoms with Gasteiger partial charge in [-0.2, -0.15) is 10.2 Å². The monoisotopic (exact) mass is 601 g/mol. The summed E-state index contributed by atoms with van der Waals surface area (Å²) in [5, 5.41) is 38.1. The fourth-order valence-electron chi connectivity index (χ4n) is 3.76. The third-order valence-electron chi connectivity index (χ3n) is 5.21. The Bertz CT molecular complexity index is 1700. The van der Waals surface area contributed by atoms with Crippen LogP contribution in [0.1, 0.15) is 5.69 Å². The number of pyridine rings is 2. The molecule has 5 heterocycles. The zero-order valence-corrected chi connectivity index (χ0v) is 21.7. The van der Waals surface area contributed by atoms with E-state index in [9.17, 15) is 0 Å². The van der Waals surface area contributed by atoms with Gasteiger partial charge in [0.1, 0.15) is 5.69 Å². The number of para-hydroxylation sites is 2. The summed E-state index contributed by atoms with van der Waals surface area (Å²) in [6.45, 7) is 0.554. The molecule has 0 saturated carbocycles. The van der Waals surface area contributed by atoms with E-state index < -0.39 is 10.2 Å². The summed E-state index contributed by atoms with van der Waals surface area (Å²) in [7, 11) is 0. The Kier molecular flexibility index (Phi) is 10.1. The molecule has 0 N–H and O–H groups in total. The van der Waals surface area contributed by atoms with Crippen LogP contribution in [0, 0.1) is 30.6 Å². The summed E-state index contributed by atoms with van der Waals surface area (Å²) in [6, 6.07) is 23.7. The molecule has 0 saturated heterocycles. The van der Waals surface area contributed by atoms with Crippen molar-refractivity contribution in [2.75, 3.05) is 0 Å². The minimum atomic E-state index is -1.75. The van der Waals surface area contributed by atoms with Crippen LogP contribution < -0.4 is 0 Å². The molecular weight excluding hydrogens is 583 g/mol. The fraction of sp³-hybridized carbons (Fsp3) is 0.0417. The Morgan fingerprint density at radius 3 is 1.80 bits per heavy atom. The van der Waals surface area contributed by atoms with Gasteiger partial charge in [0.05, 0.1) is 33.4 Å². The van der Waals surface area contributed by atoms with Crippen LogP contribution in [-0.2, 0) is 23.3 Å². The maximum absolute atomic E-state index is 8.25. The topological polar surface area (TPSA) is 212 Å². The smallest absolute Gasteiger partial charge is 0.356 e. The van der Waals surface area contributed by atoms with Crippen LogP contribution in [0.25, 0.3) is 34.2 Å². The van der Waals surface area contributed by atoms with Gasteiger partial charge < -0.3 is 35.2 Å². The molecule has 0 fully saturated rings. The molecule has 0 unspecified atom stereocenters. The molecular formula is C24H18CoN10O6. The van der Waals surface area contributed by atoms with Crippen LogP contribution in [0.3, 0.4) is 0 Å². The van der Waals surface area contributed by atoms with Crippen LogP contribution in [0.2, 0.25) is 0 Å². The largest absolute Gasteiger partial charge is 2.00 e. The van der Waals surface area contributed by atoms with Gasteiger partial charge in [-0.15, -0.1) is 0 Å². The van der Waals surface area contributed by atoms with Crippen molar-refractivity contribution in [3.63, 3.8) is 0 Å². The van der Waals surface area contributed by atoms with Gasteiger partial charge in [-0.1, -0.05) is 24.3 Å². The molecule has 6 aromatic rings. The van der Waals surface area contributed by atoms with Crippen molar-refractivity contribution in [3.05, 3.63) is 134 Å². The molecule has 1 aromatic carbocycles. The number of nitrogens with zero attached hydrogens (tertiary/aromatic N) is 10. The molecule has 0 spiro atoms. The summed E-state index contributed by atoms with van der Waals surface area (Å²) in [6.07, 6.45) is 7.24. The first kappa shape index (κ1) is 29.9. The molecule has 209 valence electrons. The van der Waals surface area contributed by atoms with Gasteiger partial charge in [-0.25, -0.2) is 24.3 Å². The van der Waals surface area contributed by atoms with Crippen molar-refractivity contribution in [3.8, 4) is 23.2 Å². The maximum Gasteiger partial charge on any atom is 2.00 e. The van der Waals surface area contributed by atoms with E-state index in [2.05, 4.69) is 20.8 Å². The Morgan fingerprint density at radius 2 is 1.22 bits per heavy atom. The van der Waals surface area contributed by atoms with E-state index in [1.54, 1.807) is 21.8 Å². The Morgan fingerprint density at radius 1 is 0.659 bits per heavy atom. The predicted molar refractivity (Wildman–Crippen MR) is 141 cm³/mol. The van der Waals surface area contributed by atoms with E-state index >= 15 is 0 Å². The van der Waals surface area contributed by atoms with Crippen molar-refractivity contribution in [1.82, 2.24) is 39.1 Å². The minimum absolute atomic E-state index is 0. The molecule has 5 aromatic heterocycles. The normalized spacial score (nSPS) is 9.95. The zero-order valence-electron chi connectivity index (χ0n) is 20.7. The maximum atomic E-state index is 8.25. The van der Waals surface area contributed by atoms with Gasteiger partial charge in [-0.05, 0) is 48.5 Å². The van der Waals surface area contributed by atoms with Crippen LogP contribution >= 0.6 is 0 Å². The van der Waals surface area contributed by atoms with Gasteiger partial charge in [0, 0.05) is 24.8 Å². The van der Waals surface area contributed by atoms with Crippen molar-refractivity contribution < 1.29 is 27.0 Å². The molecule has 0 bridgehead atoms. The predicted octanol–water partition coefficient (Wildman–Crippen LogP) is 3.43. The summed E-state index contributed by atoms with van der Waals surface area (Å²) in [5.74, 6) is 2.30. The van der Waals surface area contributed by atoms with E-state index in [1.165, 1.54) is 0 Å². The molecule has 1 radical (unpaired) electrons. The first-order valence-corrected chi connectivity index (χ1v) is 11.3. The van der Waals surface area contributed by atoms with Gasteiger partial charge >= 0.3 is 16.8 Å². The summed E-state index contributed by atoms with van der Waals surface area (Å²) < 4.78 is 5.65. The summed E-state index contributed by atoms with van der Waals surface area (Å²) >= 11 is 0. The average Bonchev–Trinajstić information content (AvgIpc) is 3.71. The Balaban J connectivity index is 0.000000459. The molecule has 0 amide bonds. The molecule has 6 rings (SSSR count). The van der Waals surface area contributed by atoms with E-state index in [0.29, 0.717) is 6.54 Å². The van der Waals surface area contributed by atoms with E-state index in [0.717, 1.165) is 39.9 Å². The van der Waals surface area contributed by atoms with Crippen molar-refractivity contribution in [2.24, 2.45) is 0 Å². The second kappa shape index (κ2) is 13.9. The molecule has 41 heavy (non-hydrogen) atoms. The molecule has 17 heteroatoms. The average molecular weight is 601 g/mol. The molecule has 0 atom stereocenters. The third-order valence-corrected chi connectivity index (χ3v) is 5.21. The SMILES string of the molecule is O=[N+]([O-])[O-].O=[N+]([O-])[O-].[Co+2].c1cc(Cn2c(-c3cccc(-n4cccn4)n3)nc3ccccc32)nc(-n2cccn2)c1. The van der Waals surface area contributed by atoms with Crippen molar-refractivity contribution >= 4 is 11.0 Å². The zero-order chi connectivity index (χ0) is 28.5. The number of hydrogen-bond donors (Lipinski definition) is 0. The number of imidazole rings is 1. The van der Waals surface area contributed by atoms with Gasteiger partial charge in [-0.3, -0.25) is 0 Å². The van der Waals surface area contributed by atoms with Crippen LogP contribution in [-0.4, -0.2) is 49.3 Å². The van der Waals surface area contributed by atoms with Crippen LogP contribution in [0.4, 0.5) is 0 Å². The van der Waals surface area contributed by atoms with E-state index in [1.807, 2.05) is 79.1 Å². The van der Waals surface area contributed by atoms with Gasteiger partial charge in [0.2, 0.25) is 0 Å². The van der Waals surface area contributed by atoms with Gasteiger partial charge in [0.15, 0.2) is 17.5 Å². The van der Waals surface area contributed by atoms with E-state index in [-0.39, 0.29) is 16.8 Å². The first-order chi connectivity index (χ1) is 19.3. The Hall–Kier alpha value is -5.68. The Labute approximate surface area is 240 Å². The number of fused-ring (bicyclic) bond motifs is 1. The minimum Gasteiger partial charge on any atom is -0.356 e. The van der Waals surface area contributed by atoms with Crippen LogP contribution in [0.15, 0.2) is 97.6 Å². The summed E-state index contributed by atoms with van der Waals surface area (Å²) in [5.41, 5.74) is 3.63. The molecule has 0 aliphatic rings. The first-order valence-electron chi connectivity index (χ1n) is 11.3. The van der Waals surface area contributed by atoms with Crippen LogP contribution in [0.5, 0.6) is 0 Å². The van der Waals surface area contributed by atoms with Crippen molar-refractivity contribution in [1.29, 1.82) is 0 Å².